The summed E-state index contributed by atoms with van der Waals surface area (Å²) in [7, 11) is 0. The lowest BCUT2D eigenvalue weighted by Gasteiger charge is -2.09. The van der Waals surface area contributed by atoms with Gasteiger partial charge in [-0.15, -0.1) is 0 Å². The van der Waals surface area contributed by atoms with Gasteiger partial charge in [-0.25, -0.2) is 4.98 Å². The summed E-state index contributed by atoms with van der Waals surface area (Å²) in [5.41, 5.74) is 3.09. The van der Waals surface area contributed by atoms with Gasteiger partial charge in [-0.2, -0.15) is 0 Å². The lowest BCUT2D eigenvalue weighted by molar-refractivity contribution is -0.117. The number of nitrogens with zero attached hydrogens (tertiary/aromatic N) is 1. The van der Waals surface area contributed by atoms with Crippen LogP contribution in [0.4, 0.5) is 5.95 Å². The maximum Gasteiger partial charge on any atom is 0.234 e. The number of imidazole rings is 1. The summed E-state index contributed by atoms with van der Waals surface area (Å²) in [6.45, 7) is 0. The van der Waals surface area contributed by atoms with E-state index >= 15 is 0 Å². The van der Waals surface area contributed by atoms with E-state index in [0.717, 1.165) is 16.6 Å². The molecule has 1 amide bonds. The molecule has 1 heterocycles. The van der Waals surface area contributed by atoms with E-state index in [1.54, 1.807) is 6.07 Å². The van der Waals surface area contributed by atoms with Gasteiger partial charge in [-0.3, -0.25) is 14.9 Å². The Hall–Kier alpha value is -2.95. The minimum absolute atomic E-state index is 0.0142. The highest BCUT2D eigenvalue weighted by atomic mass is 16.2. The lowest BCUT2D eigenvalue weighted by Crippen LogP contribution is -2.20. The number of Topliss-reactive ketones (excluding diaryl/α,β-unsaturated/α-hetero) is 1. The number of anilines is 1. The number of aromatic nitrogens is 2. The van der Waals surface area contributed by atoms with Gasteiger partial charge >= 0.3 is 0 Å². The van der Waals surface area contributed by atoms with Gasteiger partial charge in [-0.1, -0.05) is 36.4 Å². The van der Waals surface area contributed by atoms with Crippen LogP contribution in [0.1, 0.15) is 28.3 Å². The number of rotatable bonds is 2. The molecule has 0 saturated carbocycles. The molecule has 0 bridgehead atoms. The third-order valence-corrected chi connectivity index (χ3v) is 3.97. The number of para-hydroxylation sites is 2. The smallest absolute Gasteiger partial charge is 0.234 e. The van der Waals surface area contributed by atoms with Crippen molar-refractivity contribution in [2.45, 2.75) is 12.3 Å². The van der Waals surface area contributed by atoms with Crippen LogP contribution in [0.15, 0.2) is 48.5 Å². The number of amides is 1. The normalized spacial score (nSPS) is 16.7. The van der Waals surface area contributed by atoms with Crippen LogP contribution in [0.3, 0.4) is 0 Å². The highest BCUT2D eigenvalue weighted by molar-refractivity contribution is 6.09. The van der Waals surface area contributed by atoms with Crippen LogP contribution in [0.2, 0.25) is 0 Å². The SMILES string of the molecule is O=C1CC(C(=O)Nc2nc3ccccc3[nH]2)c2ccccc21. The lowest BCUT2D eigenvalue weighted by atomic mass is 10.0. The number of ketones is 1. The van der Waals surface area contributed by atoms with E-state index in [1.807, 2.05) is 42.5 Å². The number of fused-ring (bicyclic) bond motifs is 2. The van der Waals surface area contributed by atoms with Gasteiger partial charge in [0.1, 0.15) is 0 Å². The van der Waals surface area contributed by atoms with Crippen molar-refractivity contribution in [2.75, 3.05) is 5.32 Å². The molecule has 0 saturated heterocycles. The molecule has 1 aliphatic rings. The Labute approximate surface area is 126 Å². The molecule has 3 aromatic rings. The molecule has 0 spiro atoms. The molecule has 2 aromatic carbocycles. The summed E-state index contributed by atoms with van der Waals surface area (Å²) >= 11 is 0. The Morgan fingerprint density at radius 1 is 1.14 bits per heavy atom. The summed E-state index contributed by atoms with van der Waals surface area (Å²) in [6, 6.07) is 14.8. The largest absolute Gasteiger partial charge is 0.324 e. The van der Waals surface area contributed by atoms with Crippen molar-refractivity contribution in [1.29, 1.82) is 0 Å². The minimum Gasteiger partial charge on any atom is -0.324 e. The van der Waals surface area contributed by atoms with E-state index in [4.69, 9.17) is 0 Å². The first-order valence-corrected chi connectivity index (χ1v) is 7.10. The molecule has 22 heavy (non-hydrogen) atoms. The molecule has 0 fully saturated rings. The van der Waals surface area contributed by atoms with Crippen LogP contribution in [0, 0.1) is 0 Å². The van der Waals surface area contributed by atoms with Crippen molar-refractivity contribution >= 4 is 28.7 Å². The van der Waals surface area contributed by atoms with Crippen molar-refractivity contribution in [1.82, 2.24) is 9.97 Å². The maximum absolute atomic E-state index is 12.5. The fourth-order valence-electron chi connectivity index (χ4n) is 2.91. The average molecular weight is 291 g/mol. The molecule has 4 rings (SSSR count). The Morgan fingerprint density at radius 2 is 1.91 bits per heavy atom. The molecule has 1 atom stereocenters. The fourth-order valence-corrected chi connectivity index (χ4v) is 2.91. The van der Waals surface area contributed by atoms with Crippen LogP contribution in [-0.2, 0) is 4.79 Å². The number of carbonyl (C=O) groups is 2. The van der Waals surface area contributed by atoms with E-state index in [2.05, 4.69) is 15.3 Å². The number of nitrogens with one attached hydrogen (secondary N) is 2. The van der Waals surface area contributed by atoms with Gasteiger partial charge in [0, 0.05) is 12.0 Å². The van der Waals surface area contributed by atoms with Crippen molar-refractivity contribution in [3.8, 4) is 0 Å². The molecular weight excluding hydrogens is 278 g/mol. The molecule has 1 aromatic heterocycles. The van der Waals surface area contributed by atoms with E-state index in [1.165, 1.54) is 0 Å². The zero-order valence-electron chi connectivity index (χ0n) is 11.7. The minimum atomic E-state index is -0.447. The highest BCUT2D eigenvalue weighted by Gasteiger charge is 2.34. The molecule has 108 valence electrons. The molecule has 5 heteroatoms. The summed E-state index contributed by atoms with van der Waals surface area (Å²) in [4.78, 5) is 31.8. The first-order chi connectivity index (χ1) is 10.7. The molecule has 1 aliphatic carbocycles. The second kappa shape index (κ2) is 4.80. The van der Waals surface area contributed by atoms with Gasteiger partial charge in [0.15, 0.2) is 5.78 Å². The molecule has 5 nitrogen and oxygen atoms in total. The fraction of sp³-hybridized carbons (Fsp3) is 0.118. The number of aromatic amines is 1. The zero-order chi connectivity index (χ0) is 15.1. The number of benzene rings is 2. The second-order valence-electron chi connectivity index (χ2n) is 5.36. The summed E-state index contributed by atoms with van der Waals surface area (Å²) in [6.07, 6.45) is 0.214. The van der Waals surface area contributed by atoms with Crippen molar-refractivity contribution in [3.63, 3.8) is 0 Å². The third kappa shape index (κ3) is 1.98. The molecule has 0 aliphatic heterocycles. The summed E-state index contributed by atoms with van der Waals surface area (Å²) in [5, 5.41) is 2.78. The van der Waals surface area contributed by atoms with Crippen LogP contribution < -0.4 is 5.32 Å². The first kappa shape index (κ1) is 12.8. The van der Waals surface area contributed by atoms with Crippen molar-refractivity contribution < 1.29 is 9.59 Å². The van der Waals surface area contributed by atoms with Gasteiger partial charge in [0.25, 0.3) is 0 Å². The number of carbonyl (C=O) groups excluding carboxylic acids is 2. The molecule has 0 radical (unpaired) electrons. The van der Waals surface area contributed by atoms with Crippen LogP contribution in [0.25, 0.3) is 11.0 Å². The predicted octanol–water partition coefficient (Wildman–Crippen LogP) is 2.87. The van der Waals surface area contributed by atoms with Gasteiger partial charge in [0.2, 0.25) is 11.9 Å². The Balaban J connectivity index is 1.62. The highest BCUT2D eigenvalue weighted by Crippen LogP contribution is 2.33. The number of H-pyrrole nitrogens is 1. The topological polar surface area (TPSA) is 74.8 Å². The predicted molar refractivity (Wildman–Crippen MR) is 82.9 cm³/mol. The Kier molecular flexibility index (Phi) is 2.79. The van der Waals surface area contributed by atoms with E-state index in [-0.39, 0.29) is 18.1 Å². The monoisotopic (exact) mass is 291 g/mol. The molecule has 2 N–H and O–H groups in total. The maximum atomic E-state index is 12.5. The summed E-state index contributed by atoms with van der Waals surface area (Å²) in [5.74, 6) is -0.238. The van der Waals surface area contributed by atoms with E-state index in [9.17, 15) is 9.59 Å². The van der Waals surface area contributed by atoms with Crippen molar-refractivity contribution in [2.24, 2.45) is 0 Å². The van der Waals surface area contributed by atoms with Gasteiger partial charge < -0.3 is 4.98 Å². The van der Waals surface area contributed by atoms with E-state index in [0.29, 0.717) is 11.5 Å². The van der Waals surface area contributed by atoms with Gasteiger partial charge in [-0.05, 0) is 17.7 Å². The number of hydrogen-bond acceptors (Lipinski definition) is 3. The Morgan fingerprint density at radius 3 is 2.77 bits per heavy atom. The zero-order valence-corrected chi connectivity index (χ0v) is 11.7. The second-order valence-corrected chi connectivity index (χ2v) is 5.36. The Bertz CT molecular complexity index is 865. The standard InChI is InChI=1S/C17H13N3O2/c21-15-9-12(10-5-1-2-6-11(10)15)16(22)20-17-18-13-7-3-4-8-14(13)19-17/h1-8,12H,9H2,(H2,18,19,20,22). The molecule has 1 unspecified atom stereocenters. The average Bonchev–Trinajstić information content (AvgIpc) is 3.08. The first-order valence-electron chi connectivity index (χ1n) is 7.10. The number of hydrogen-bond donors (Lipinski definition) is 2. The van der Waals surface area contributed by atoms with E-state index < -0.39 is 5.92 Å². The third-order valence-electron chi connectivity index (χ3n) is 3.97. The summed E-state index contributed by atoms with van der Waals surface area (Å²) < 4.78 is 0. The van der Waals surface area contributed by atoms with Gasteiger partial charge in [0.05, 0.1) is 17.0 Å². The molecular formula is C17H13N3O2. The van der Waals surface area contributed by atoms with Crippen LogP contribution in [0.5, 0.6) is 0 Å². The van der Waals surface area contributed by atoms with Crippen molar-refractivity contribution in [3.05, 3.63) is 59.7 Å². The van der Waals surface area contributed by atoms with Crippen LogP contribution >= 0.6 is 0 Å². The van der Waals surface area contributed by atoms with Crippen LogP contribution in [-0.4, -0.2) is 21.7 Å². The quantitative estimate of drug-likeness (QED) is 0.762.